The van der Waals surface area contributed by atoms with Crippen LogP contribution in [-0.2, 0) is 20.9 Å². The van der Waals surface area contributed by atoms with Crippen molar-refractivity contribution in [1.29, 1.82) is 0 Å². The zero-order valence-electron chi connectivity index (χ0n) is 12.8. The molecule has 0 radical (unpaired) electrons. The Bertz CT molecular complexity index is 698. The van der Waals surface area contributed by atoms with Crippen LogP contribution in [0.3, 0.4) is 0 Å². The summed E-state index contributed by atoms with van der Waals surface area (Å²) in [5.41, 5.74) is 0.487. The molecule has 0 saturated heterocycles. The average Bonchev–Trinajstić information content (AvgIpc) is 3.10. The van der Waals surface area contributed by atoms with Gasteiger partial charge in [0.2, 0.25) is 0 Å². The predicted molar refractivity (Wildman–Crippen MR) is 92.1 cm³/mol. The lowest BCUT2D eigenvalue weighted by Gasteiger charge is -2.06. The van der Waals surface area contributed by atoms with Crippen LogP contribution in [0.25, 0.3) is 0 Å². The monoisotopic (exact) mass is 365 g/mol. The van der Waals surface area contributed by atoms with Gasteiger partial charge in [0.1, 0.15) is 0 Å². The van der Waals surface area contributed by atoms with E-state index in [1.807, 2.05) is 17.5 Å². The van der Waals surface area contributed by atoms with E-state index in [-0.39, 0.29) is 31.1 Å². The lowest BCUT2D eigenvalue weighted by molar-refractivity contribution is -0.148. The maximum Gasteiger partial charge on any atom is 0.306 e. The van der Waals surface area contributed by atoms with Gasteiger partial charge in [-0.25, -0.2) is 0 Å². The van der Waals surface area contributed by atoms with Crippen LogP contribution in [0.4, 0.5) is 0 Å². The van der Waals surface area contributed by atoms with Gasteiger partial charge in [-0.05, 0) is 35.7 Å². The van der Waals surface area contributed by atoms with E-state index in [0.717, 1.165) is 4.88 Å². The Kier molecular flexibility index (Phi) is 6.96. The second-order valence-electron chi connectivity index (χ2n) is 4.95. The van der Waals surface area contributed by atoms with E-state index in [1.54, 1.807) is 24.3 Å². The Hall–Kier alpha value is -2.18. The van der Waals surface area contributed by atoms with E-state index in [0.29, 0.717) is 17.1 Å². The highest BCUT2D eigenvalue weighted by atomic mass is 35.5. The lowest BCUT2D eigenvalue weighted by atomic mass is 10.1. The van der Waals surface area contributed by atoms with Crippen LogP contribution >= 0.6 is 22.9 Å². The number of thiophene rings is 1. The third-order valence-corrected chi connectivity index (χ3v) is 4.25. The standard InChI is InChI=1S/C17H16ClNO4S/c18-13-5-3-12(4-6-13)15(20)7-8-17(22)23-11-16(21)19-10-14-2-1-9-24-14/h1-6,9H,7-8,10-11H2,(H,19,21). The fourth-order valence-electron chi connectivity index (χ4n) is 1.86. The first-order valence-corrected chi connectivity index (χ1v) is 8.54. The van der Waals surface area contributed by atoms with Crippen molar-refractivity contribution >= 4 is 40.6 Å². The van der Waals surface area contributed by atoms with Crippen LogP contribution in [0.1, 0.15) is 28.1 Å². The molecular formula is C17H16ClNO4S. The number of esters is 1. The molecule has 1 aromatic carbocycles. The molecular weight excluding hydrogens is 350 g/mol. The molecule has 24 heavy (non-hydrogen) atoms. The van der Waals surface area contributed by atoms with Gasteiger partial charge in [-0.1, -0.05) is 17.7 Å². The zero-order chi connectivity index (χ0) is 17.4. The third-order valence-electron chi connectivity index (χ3n) is 3.13. The molecule has 1 heterocycles. The molecule has 5 nitrogen and oxygen atoms in total. The summed E-state index contributed by atoms with van der Waals surface area (Å²) in [5, 5.41) is 5.11. The van der Waals surface area contributed by atoms with Crippen molar-refractivity contribution in [3.8, 4) is 0 Å². The molecule has 1 N–H and O–H groups in total. The maximum atomic E-state index is 11.9. The molecule has 1 aromatic heterocycles. The quantitative estimate of drug-likeness (QED) is 0.576. The molecule has 2 aromatic rings. The Morgan fingerprint density at radius 3 is 2.50 bits per heavy atom. The van der Waals surface area contributed by atoms with Crippen LogP contribution in [0.5, 0.6) is 0 Å². The van der Waals surface area contributed by atoms with Gasteiger partial charge in [0, 0.05) is 21.9 Å². The summed E-state index contributed by atoms with van der Waals surface area (Å²) in [4.78, 5) is 36.1. The Morgan fingerprint density at radius 2 is 1.83 bits per heavy atom. The number of nitrogens with one attached hydrogen (secondary N) is 1. The minimum atomic E-state index is -0.580. The number of carbonyl (C=O) groups is 3. The highest BCUT2D eigenvalue weighted by Gasteiger charge is 2.12. The number of hydrogen-bond donors (Lipinski definition) is 1. The number of ether oxygens (including phenoxy) is 1. The SMILES string of the molecule is O=C(COC(=O)CCC(=O)c1ccc(Cl)cc1)NCc1cccs1. The molecule has 7 heteroatoms. The number of Topliss-reactive ketones (excluding diaryl/α,β-unsaturated/α-hetero) is 1. The van der Waals surface area contributed by atoms with Gasteiger partial charge in [0.25, 0.3) is 5.91 Å². The number of amides is 1. The number of ketones is 1. The van der Waals surface area contributed by atoms with Crippen molar-refractivity contribution < 1.29 is 19.1 Å². The second kappa shape index (κ2) is 9.20. The molecule has 2 rings (SSSR count). The number of benzene rings is 1. The highest BCUT2D eigenvalue weighted by Crippen LogP contribution is 2.12. The molecule has 0 atom stereocenters. The van der Waals surface area contributed by atoms with E-state index in [4.69, 9.17) is 16.3 Å². The molecule has 0 aliphatic carbocycles. The lowest BCUT2D eigenvalue weighted by Crippen LogP contribution is -2.28. The fourth-order valence-corrected chi connectivity index (χ4v) is 2.63. The highest BCUT2D eigenvalue weighted by molar-refractivity contribution is 7.09. The molecule has 0 aliphatic heterocycles. The van der Waals surface area contributed by atoms with Gasteiger partial charge in [-0.2, -0.15) is 0 Å². The minimum Gasteiger partial charge on any atom is -0.456 e. The Balaban J connectivity index is 1.64. The van der Waals surface area contributed by atoms with Crippen molar-refractivity contribution in [2.45, 2.75) is 19.4 Å². The summed E-state index contributed by atoms with van der Waals surface area (Å²) in [6.45, 7) is 0.0580. The van der Waals surface area contributed by atoms with Crippen molar-refractivity contribution in [3.05, 3.63) is 57.2 Å². The van der Waals surface area contributed by atoms with E-state index >= 15 is 0 Å². The minimum absolute atomic E-state index is 0.0251. The fraction of sp³-hybridized carbons (Fsp3) is 0.235. The van der Waals surface area contributed by atoms with Crippen LogP contribution < -0.4 is 5.32 Å². The second-order valence-corrected chi connectivity index (χ2v) is 6.42. The van der Waals surface area contributed by atoms with Gasteiger partial charge >= 0.3 is 5.97 Å². The van der Waals surface area contributed by atoms with Gasteiger partial charge in [-0.3, -0.25) is 14.4 Å². The van der Waals surface area contributed by atoms with Gasteiger partial charge in [0.05, 0.1) is 13.0 Å². The van der Waals surface area contributed by atoms with E-state index in [9.17, 15) is 14.4 Å². The van der Waals surface area contributed by atoms with E-state index in [1.165, 1.54) is 11.3 Å². The molecule has 0 aliphatic rings. The van der Waals surface area contributed by atoms with Crippen LogP contribution in [0.15, 0.2) is 41.8 Å². The van der Waals surface area contributed by atoms with E-state index in [2.05, 4.69) is 5.32 Å². The van der Waals surface area contributed by atoms with Gasteiger partial charge in [0.15, 0.2) is 12.4 Å². The predicted octanol–water partition coefficient (Wildman–Crippen LogP) is 3.22. The summed E-state index contributed by atoms with van der Waals surface area (Å²) < 4.78 is 4.86. The summed E-state index contributed by atoms with van der Waals surface area (Å²) in [6, 6.07) is 10.2. The molecule has 126 valence electrons. The third kappa shape index (κ3) is 6.14. The first-order chi connectivity index (χ1) is 11.5. The zero-order valence-corrected chi connectivity index (χ0v) is 14.4. The van der Waals surface area contributed by atoms with Crippen LogP contribution in [-0.4, -0.2) is 24.3 Å². The smallest absolute Gasteiger partial charge is 0.306 e. The summed E-state index contributed by atoms with van der Waals surface area (Å²) in [5.74, 6) is -1.13. The first-order valence-electron chi connectivity index (χ1n) is 7.28. The molecule has 1 amide bonds. The van der Waals surface area contributed by atoms with Crippen LogP contribution in [0, 0.1) is 0 Å². The van der Waals surface area contributed by atoms with Gasteiger partial charge in [-0.15, -0.1) is 11.3 Å². The van der Waals surface area contributed by atoms with Gasteiger partial charge < -0.3 is 10.1 Å². The van der Waals surface area contributed by atoms with E-state index < -0.39 is 5.97 Å². The van der Waals surface area contributed by atoms with Crippen molar-refractivity contribution in [3.63, 3.8) is 0 Å². The van der Waals surface area contributed by atoms with Crippen molar-refractivity contribution in [2.75, 3.05) is 6.61 Å². The number of rotatable bonds is 8. The number of halogens is 1. The summed E-state index contributed by atoms with van der Waals surface area (Å²) >= 11 is 7.28. The summed E-state index contributed by atoms with van der Waals surface area (Å²) in [7, 11) is 0. The molecule has 0 saturated carbocycles. The molecule has 0 spiro atoms. The molecule has 0 bridgehead atoms. The number of hydrogen-bond acceptors (Lipinski definition) is 5. The topological polar surface area (TPSA) is 72.5 Å². The Labute approximate surface area is 148 Å². The largest absolute Gasteiger partial charge is 0.456 e. The summed E-state index contributed by atoms with van der Waals surface area (Å²) in [6.07, 6.45) is -0.0447. The Morgan fingerprint density at radius 1 is 1.08 bits per heavy atom. The first kappa shape index (κ1) is 18.2. The average molecular weight is 366 g/mol. The van der Waals surface area contributed by atoms with Crippen LogP contribution in [0.2, 0.25) is 5.02 Å². The van der Waals surface area contributed by atoms with Crippen molar-refractivity contribution in [2.24, 2.45) is 0 Å². The molecule has 0 unspecified atom stereocenters. The molecule has 0 fully saturated rings. The normalized spacial score (nSPS) is 10.2. The van der Waals surface area contributed by atoms with Crippen molar-refractivity contribution in [1.82, 2.24) is 5.32 Å². The number of carbonyl (C=O) groups excluding carboxylic acids is 3. The maximum absolute atomic E-state index is 11.9.